The summed E-state index contributed by atoms with van der Waals surface area (Å²) in [5.74, 6) is -3.19. The average molecular weight is 636 g/mol. The SMILES string of the molecule is COCC1=C(C(=O)OC)[C@H](c2ccc(F)c(F)c2)N(C(=O)N(C2CCC(O)(c3ccccn3)CC2)[C@@H]2CCNC2)C(=O)N1.Cl. The Morgan fingerprint density at radius 1 is 1.11 bits per heavy atom. The first kappa shape index (κ1) is 33.2. The predicted molar refractivity (Wildman–Crippen MR) is 157 cm³/mol. The molecule has 3 N–H and O–H groups in total. The highest BCUT2D eigenvalue weighted by atomic mass is 35.5. The average Bonchev–Trinajstić information content (AvgIpc) is 3.54. The number of hydrogen-bond acceptors (Lipinski definition) is 8. The van der Waals surface area contributed by atoms with E-state index in [1.165, 1.54) is 13.2 Å². The fourth-order valence-electron chi connectivity index (χ4n) is 6.33. The van der Waals surface area contributed by atoms with Crippen LogP contribution in [-0.4, -0.2) is 83.9 Å². The Morgan fingerprint density at radius 2 is 1.86 bits per heavy atom. The van der Waals surface area contributed by atoms with E-state index >= 15 is 0 Å². The van der Waals surface area contributed by atoms with Crippen molar-refractivity contribution in [2.24, 2.45) is 0 Å². The molecule has 5 rings (SSSR count). The number of rotatable bonds is 7. The Bertz CT molecular complexity index is 1400. The Balaban J connectivity index is 0.00000442. The molecule has 11 nitrogen and oxygen atoms in total. The van der Waals surface area contributed by atoms with Gasteiger partial charge in [-0.15, -0.1) is 12.4 Å². The summed E-state index contributed by atoms with van der Waals surface area (Å²) in [6, 6.07) is 4.69. The van der Waals surface area contributed by atoms with E-state index < -0.39 is 41.3 Å². The van der Waals surface area contributed by atoms with E-state index in [0.29, 0.717) is 50.9 Å². The van der Waals surface area contributed by atoms with Crippen LogP contribution in [0, 0.1) is 11.6 Å². The van der Waals surface area contributed by atoms with Crippen LogP contribution in [0.4, 0.5) is 18.4 Å². The van der Waals surface area contributed by atoms with Gasteiger partial charge >= 0.3 is 18.0 Å². The monoisotopic (exact) mass is 635 g/mol. The molecule has 14 heteroatoms. The van der Waals surface area contributed by atoms with Gasteiger partial charge in [0.2, 0.25) is 0 Å². The van der Waals surface area contributed by atoms with E-state index in [0.717, 1.165) is 24.1 Å². The highest BCUT2D eigenvalue weighted by molar-refractivity contribution is 6.02. The van der Waals surface area contributed by atoms with Gasteiger partial charge in [-0.3, -0.25) is 4.98 Å². The molecule has 0 unspecified atom stereocenters. The summed E-state index contributed by atoms with van der Waals surface area (Å²) in [7, 11) is 2.51. The second-order valence-electron chi connectivity index (χ2n) is 11.0. The van der Waals surface area contributed by atoms with Gasteiger partial charge in [0.1, 0.15) is 11.6 Å². The van der Waals surface area contributed by atoms with Crippen LogP contribution in [0.2, 0.25) is 0 Å². The van der Waals surface area contributed by atoms with Crippen molar-refractivity contribution >= 4 is 30.4 Å². The topological polar surface area (TPSA) is 133 Å². The Labute approximate surface area is 260 Å². The molecule has 238 valence electrons. The maximum absolute atomic E-state index is 14.6. The number of benzene rings is 1. The molecule has 0 radical (unpaired) electrons. The molecule has 1 aliphatic carbocycles. The van der Waals surface area contributed by atoms with Crippen LogP contribution >= 0.6 is 12.4 Å². The molecule has 3 aliphatic rings. The normalized spacial score (nSPS) is 25.2. The zero-order chi connectivity index (χ0) is 30.7. The molecule has 2 aromatic rings. The molecular formula is C30H36ClF2N5O6. The van der Waals surface area contributed by atoms with Crippen molar-refractivity contribution in [1.29, 1.82) is 0 Å². The number of urea groups is 2. The zero-order valence-electron chi connectivity index (χ0n) is 24.4. The van der Waals surface area contributed by atoms with E-state index in [1.807, 2.05) is 6.07 Å². The maximum Gasteiger partial charge on any atom is 0.338 e. The highest BCUT2D eigenvalue weighted by Gasteiger charge is 2.48. The first-order valence-corrected chi connectivity index (χ1v) is 14.2. The van der Waals surface area contributed by atoms with Gasteiger partial charge in [-0.1, -0.05) is 12.1 Å². The number of carbonyl (C=O) groups is 3. The number of amides is 4. The lowest BCUT2D eigenvalue weighted by molar-refractivity contribution is -0.137. The first-order valence-electron chi connectivity index (χ1n) is 14.2. The van der Waals surface area contributed by atoms with Crippen LogP contribution < -0.4 is 10.6 Å². The predicted octanol–water partition coefficient (Wildman–Crippen LogP) is 3.54. The summed E-state index contributed by atoms with van der Waals surface area (Å²) < 4.78 is 38.7. The van der Waals surface area contributed by atoms with Crippen molar-refractivity contribution in [2.45, 2.75) is 55.8 Å². The minimum absolute atomic E-state index is 0. The smallest absolute Gasteiger partial charge is 0.338 e. The molecule has 1 saturated heterocycles. The van der Waals surface area contributed by atoms with Crippen LogP contribution in [0.25, 0.3) is 0 Å². The molecule has 44 heavy (non-hydrogen) atoms. The molecule has 0 spiro atoms. The zero-order valence-corrected chi connectivity index (χ0v) is 25.2. The van der Waals surface area contributed by atoms with Crippen LogP contribution in [0.5, 0.6) is 0 Å². The number of aliphatic hydroxyl groups is 1. The van der Waals surface area contributed by atoms with Gasteiger partial charge in [0.15, 0.2) is 11.6 Å². The van der Waals surface area contributed by atoms with E-state index in [-0.39, 0.29) is 47.9 Å². The largest absolute Gasteiger partial charge is 0.466 e. The van der Waals surface area contributed by atoms with Gasteiger partial charge in [0.25, 0.3) is 0 Å². The number of pyridine rings is 1. The summed E-state index contributed by atoms with van der Waals surface area (Å²) in [6.45, 7) is 0.930. The van der Waals surface area contributed by atoms with Gasteiger partial charge in [0, 0.05) is 31.9 Å². The third-order valence-electron chi connectivity index (χ3n) is 8.46. The van der Waals surface area contributed by atoms with E-state index in [2.05, 4.69) is 15.6 Å². The van der Waals surface area contributed by atoms with Crippen molar-refractivity contribution in [2.75, 3.05) is 33.9 Å². The quantitative estimate of drug-likeness (QED) is 0.394. The number of carbonyl (C=O) groups excluding carboxylic acids is 3. The molecule has 1 aromatic carbocycles. The molecular weight excluding hydrogens is 600 g/mol. The molecule has 1 saturated carbocycles. The summed E-state index contributed by atoms with van der Waals surface area (Å²) in [4.78, 5) is 48.3. The summed E-state index contributed by atoms with van der Waals surface area (Å²) in [5.41, 5.74) is -0.686. The first-order chi connectivity index (χ1) is 20.7. The van der Waals surface area contributed by atoms with Crippen LogP contribution in [-0.2, 0) is 19.9 Å². The van der Waals surface area contributed by atoms with Crippen LogP contribution in [0.15, 0.2) is 53.9 Å². The summed E-state index contributed by atoms with van der Waals surface area (Å²) >= 11 is 0. The number of nitrogens with one attached hydrogen (secondary N) is 2. The third kappa shape index (κ3) is 6.41. The highest BCUT2D eigenvalue weighted by Crippen LogP contribution is 2.41. The van der Waals surface area contributed by atoms with Crippen molar-refractivity contribution < 1.29 is 37.7 Å². The van der Waals surface area contributed by atoms with Crippen molar-refractivity contribution in [3.8, 4) is 0 Å². The molecule has 4 amide bonds. The lowest BCUT2D eigenvalue weighted by atomic mass is 9.79. The van der Waals surface area contributed by atoms with Crippen LogP contribution in [0.1, 0.15) is 49.4 Å². The molecule has 3 heterocycles. The molecule has 0 bridgehead atoms. The van der Waals surface area contributed by atoms with E-state index in [1.54, 1.807) is 23.2 Å². The molecule has 2 fully saturated rings. The van der Waals surface area contributed by atoms with Gasteiger partial charge in [-0.2, -0.15) is 0 Å². The van der Waals surface area contributed by atoms with Gasteiger partial charge in [-0.25, -0.2) is 28.1 Å². The number of nitrogens with zero attached hydrogens (tertiary/aromatic N) is 3. The number of ether oxygens (including phenoxy) is 2. The summed E-state index contributed by atoms with van der Waals surface area (Å²) in [6.07, 6.45) is 3.76. The maximum atomic E-state index is 14.6. The van der Waals surface area contributed by atoms with E-state index in [9.17, 15) is 28.3 Å². The van der Waals surface area contributed by atoms with Crippen molar-refractivity contribution in [3.05, 3.63) is 76.8 Å². The number of imide groups is 1. The fourth-order valence-corrected chi connectivity index (χ4v) is 6.33. The Morgan fingerprint density at radius 3 is 2.45 bits per heavy atom. The fraction of sp³-hybridized carbons (Fsp3) is 0.467. The minimum Gasteiger partial charge on any atom is -0.466 e. The number of esters is 1. The lowest BCUT2D eigenvalue weighted by Gasteiger charge is -2.46. The van der Waals surface area contributed by atoms with Gasteiger partial charge < -0.3 is 30.1 Å². The van der Waals surface area contributed by atoms with Crippen molar-refractivity contribution in [1.82, 2.24) is 25.4 Å². The summed E-state index contributed by atoms with van der Waals surface area (Å²) in [5, 5.41) is 17.2. The molecule has 2 aliphatic heterocycles. The Kier molecular flexibility index (Phi) is 10.6. The van der Waals surface area contributed by atoms with Gasteiger partial charge in [0.05, 0.1) is 30.7 Å². The number of aromatic nitrogens is 1. The number of halogens is 3. The second kappa shape index (κ2) is 14.0. The van der Waals surface area contributed by atoms with Crippen molar-refractivity contribution in [3.63, 3.8) is 0 Å². The minimum atomic E-state index is -1.43. The van der Waals surface area contributed by atoms with Crippen LogP contribution in [0.3, 0.4) is 0 Å². The lowest BCUT2D eigenvalue weighted by Crippen LogP contribution is -2.60. The van der Waals surface area contributed by atoms with E-state index in [4.69, 9.17) is 9.47 Å². The number of hydrogen-bond donors (Lipinski definition) is 3. The molecule has 2 atom stereocenters. The van der Waals surface area contributed by atoms with Gasteiger partial charge in [-0.05, 0) is 68.5 Å². The number of methoxy groups -OCH3 is 2. The standard InChI is InChI=1S/C30H35F2N5O6.ClH/c1-42-17-23-25(27(38)43-2)26(18-6-7-21(31)22(32)15-18)37(28(39)35-23)29(40)36(20-10-14-33-16-20)19-8-11-30(41,12-9-19)24-5-3-4-13-34-24;/h3-7,13,15,19-20,26,33,41H,8-12,14,16-17H2,1-2H3,(H,35,39);1H/t19?,20-,26+,30?;/m1./s1. The molecule has 1 aromatic heterocycles. The second-order valence-corrected chi connectivity index (χ2v) is 11.0. The third-order valence-corrected chi connectivity index (χ3v) is 8.46. The Hall–Kier alpha value is -3.65.